The Kier molecular flexibility index (Phi) is 6.28. The van der Waals surface area contributed by atoms with Crippen molar-refractivity contribution in [2.24, 2.45) is 0 Å². The lowest BCUT2D eigenvalue weighted by atomic mass is 10.1. The van der Waals surface area contributed by atoms with E-state index in [2.05, 4.69) is 26.6 Å². The number of hydrogen-bond donors (Lipinski definition) is 2. The maximum atomic E-state index is 13.2. The molecule has 0 bridgehead atoms. The van der Waals surface area contributed by atoms with Crippen molar-refractivity contribution in [3.05, 3.63) is 87.4 Å². The molecule has 0 radical (unpaired) electrons. The van der Waals surface area contributed by atoms with E-state index in [0.717, 1.165) is 11.1 Å². The summed E-state index contributed by atoms with van der Waals surface area (Å²) in [6, 6.07) is 18.3. The largest absolute Gasteiger partial charge is 0.454 e. The third-order valence-electron chi connectivity index (χ3n) is 5.07. The fourth-order valence-corrected chi connectivity index (χ4v) is 3.68. The average Bonchev–Trinajstić information content (AvgIpc) is 3.22. The van der Waals surface area contributed by atoms with Crippen molar-refractivity contribution < 1.29 is 19.1 Å². The van der Waals surface area contributed by atoms with E-state index in [9.17, 15) is 9.59 Å². The van der Waals surface area contributed by atoms with Crippen LogP contribution in [0.1, 0.15) is 16.7 Å². The molecule has 1 aliphatic rings. The highest BCUT2D eigenvalue weighted by atomic mass is 79.9. The minimum Gasteiger partial charge on any atom is -0.454 e. The second kappa shape index (κ2) is 9.28. The number of hydrogen-bond acceptors (Lipinski definition) is 4. The fourth-order valence-electron chi connectivity index (χ4n) is 3.24. The van der Waals surface area contributed by atoms with Crippen LogP contribution in [-0.2, 0) is 9.59 Å². The maximum Gasteiger partial charge on any atom is 0.261 e. The van der Waals surface area contributed by atoms with Crippen molar-refractivity contribution in [2.75, 3.05) is 17.4 Å². The van der Waals surface area contributed by atoms with Gasteiger partial charge in [-0.25, -0.2) is 0 Å². The van der Waals surface area contributed by atoms with Crippen LogP contribution in [0.15, 0.2) is 70.7 Å². The number of halogens is 1. The SMILES string of the molecule is Cc1ccccc1NC(=O)C(=Cc1cc2c(cc1Br)OCO2)C(=O)Nc1ccccc1C. The van der Waals surface area contributed by atoms with Gasteiger partial charge in [-0.15, -0.1) is 0 Å². The van der Waals surface area contributed by atoms with Gasteiger partial charge in [-0.3, -0.25) is 9.59 Å². The number of rotatable bonds is 5. The summed E-state index contributed by atoms with van der Waals surface area (Å²) in [5.74, 6) is 0.117. The number of nitrogens with one attached hydrogen (secondary N) is 2. The monoisotopic (exact) mass is 492 g/mol. The van der Waals surface area contributed by atoms with Gasteiger partial charge in [0.15, 0.2) is 11.5 Å². The zero-order chi connectivity index (χ0) is 22.7. The van der Waals surface area contributed by atoms with E-state index in [1.165, 1.54) is 6.08 Å². The Bertz CT molecular complexity index is 1170. The molecule has 2 N–H and O–H groups in total. The molecule has 32 heavy (non-hydrogen) atoms. The van der Waals surface area contributed by atoms with Gasteiger partial charge >= 0.3 is 0 Å². The van der Waals surface area contributed by atoms with Gasteiger partial charge in [-0.2, -0.15) is 0 Å². The van der Waals surface area contributed by atoms with E-state index in [4.69, 9.17) is 9.47 Å². The topological polar surface area (TPSA) is 76.7 Å². The first-order chi connectivity index (χ1) is 15.4. The van der Waals surface area contributed by atoms with Gasteiger partial charge in [0.25, 0.3) is 11.8 Å². The number of aryl methyl sites for hydroxylation is 2. The highest BCUT2D eigenvalue weighted by Crippen LogP contribution is 2.37. The Morgan fingerprint density at radius 3 is 1.88 bits per heavy atom. The Hall–Kier alpha value is -3.58. The molecule has 4 rings (SSSR count). The molecule has 0 spiro atoms. The summed E-state index contributed by atoms with van der Waals surface area (Å²) in [5, 5.41) is 5.69. The lowest BCUT2D eigenvalue weighted by Crippen LogP contribution is -2.26. The molecule has 3 aromatic rings. The number of carbonyl (C=O) groups excluding carboxylic acids is 2. The summed E-state index contributed by atoms with van der Waals surface area (Å²) in [5.41, 5.74) is 3.63. The summed E-state index contributed by atoms with van der Waals surface area (Å²) in [7, 11) is 0. The molecule has 0 saturated heterocycles. The van der Waals surface area contributed by atoms with E-state index >= 15 is 0 Å². The molecule has 0 fully saturated rings. The maximum absolute atomic E-state index is 13.2. The van der Waals surface area contributed by atoms with Crippen LogP contribution in [0, 0.1) is 13.8 Å². The predicted octanol–water partition coefficient (Wildman–Crippen LogP) is 5.46. The fraction of sp³-hybridized carbons (Fsp3) is 0.120. The number of para-hydroxylation sites is 2. The number of ether oxygens (including phenoxy) is 2. The van der Waals surface area contributed by atoms with Gasteiger partial charge < -0.3 is 20.1 Å². The Morgan fingerprint density at radius 1 is 0.844 bits per heavy atom. The van der Waals surface area contributed by atoms with Crippen LogP contribution in [0.3, 0.4) is 0 Å². The molecule has 3 aromatic carbocycles. The molecular weight excluding hydrogens is 472 g/mol. The zero-order valence-corrected chi connectivity index (χ0v) is 19.2. The molecule has 1 aliphatic heterocycles. The van der Waals surface area contributed by atoms with Crippen LogP contribution in [0.25, 0.3) is 6.08 Å². The molecule has 0 atom stereocenters. The Morgan fingerprint density at radius 2 is 1.34 bits per heavy atom. The van der Waals surface area contributed by atoms with Crippen molar-refractivity contribution in [3.63, 3.8) is 0 Å². The number of carbonyl (C=O) groups is 2. The minimum atomic E-state index is -0.519. The smallest absolute Gasteiger partial charge is 0.261 e. The summed E-state index contributed by atoms with van der Waals surface area (Å²) >= 11 is 3.49. The quantitative estimate of drug-likeness (QED) is 0.281. The molecule has 0 aliphatic carbocycles. The molecule has 0 saturated carbocycles. The molecular formula is C25H21BrN2O4. The lowest BCUT2D eigenvalue weighted by molar-refractivity contribution is -0.118. The van der Waals surface area contributed by atoms with Crippen LogP contribution in [0.2, 0.25) is 0 Å². The van der Waals surface area contributed by atoms with Gasteiger partial charge in [0.2, 0.25) is 6.79 Å². The van der Waals surface area contributed by atoms with Crippen molar-refractivity contribution >= 4 is 45.2 Å². The summed E-state index contributed by atoms with van der Waals surface area (Å²) in [6.45, 7) is 3.91. The van der Waals surface area contributed by atoms with E-state index in [1.807, 2.05) is 50.2 Å². The van der Waals surface area contributed by atoms with Gasteiger partial charge in [0, 0.05) is 15.8 Å². The number of benzene rings is 3. The third kappa shape index (κ3) is 4.68. The predicted molar refractivity (Wildman–Crippen MR) is 128 cm³/mol. The van der Waals surface area contributed by atoms with Crippen LogP contribution >= 0.6 is 15.9 Å². The van der Waals surface area contributed by atoms with Crippen LogP contribution < -0.4 is 20.1 Å². The molecule has 7 heteroatoms. The lowest BCUT2D eigenvalue weighted by Gasteiger charge is -2.13. The molecule has 162 valence electrons. The first kappa shape index (κ1) is 21.6. The van der Waals surface area contributed by atoms with E-state index in [-0.39, 0.29) is 12.4 Å². The van der Waals surface area contributed by atoms with Crippen LogP contribution in [0.5, 0.6) is 11.5 Å². The van der Waals surface area contributed by atoms with Crippen molar-refractivity contribution in [1.29, 1.82) is 0 Å². The minimum absolute atomic E-state index is 0.0453. The van der Waals surface area contributed by atoms with Crippen LogP contribution in [0.4, 0.5) is 11.4 Å². The number of anilines is 2. The van der Waals surface area contributed by atoms with Gasteiger partial charge in [0.1, 0.15) is 5.57 Å². The van der Waals surface area contributed by atoms with Crippen molar-refractivity contribution in [1.82, 2.24) is 0 Å². The second-order valence-corrected chi connectivity index (χ2v) is 8.18. The summed E-state index contributed by atoms with van der Waals surface area (Å²) in [4.78, 5) is 26.4. The van der Waals surface area contributed by atoms with Gasteiger partial charge in [-0.1, -0.05) is 52.3 Å². The third-order valence-corrected chi connectivity index (χ3v) is 5.75. The standard InChI is InChI=1S/C25H21BrN2O4/c1-15-7-3-5-9-20(15)27-24(29)18(25(30)28-21-10-6-4-8-16(21)2)11-17-12-22-23(13-19(17)26)32-14-31-22/h3-13H,14H2,1-2H3,(H,27,29)(H,28,30). The first-order valence-electron chi connectivity index (χ1n) is 9.97. The normalized spacial score (nSPS) is 11.6. The van der Waals surface area contributed by atoms with Gasteiger partial charge in [0.05, 0.1) is 0 Å². The first-order valence-corrected chi connectivity index (χ1v) is 10.8. The Balaban J connectivity index is 1.71. The van der Waals surface area contributed by atoms with Gasteiger partial charge in [-0.05, 0) is 60.9 Å². The van der Waals surface area contributed by atoms with Crippen LogP contribution in [-0.4, -0.2) is 18.6 Å². The number of amides is 2. The summed E-state index contributed by atoms with van der Waals surface area (Å²) < 4.78 is 11.5. The van der Waals surface area contributed by atoms with E-state index in [1.54, 1.807) is 24.3 Å². The van der Waals surface area contributed by atoms with Crippen molar-refractivity contribution in [2.45, 2.75) is 13.8 Å². The molecule has 2 amide bonds. The summed E-state index contributed by atoms with van der Waals surface area (Å²) in [6.07, 6.45) is 1.53. The average molecular weight is 493 g/mol. The van der Waals surface area contributed by atoms with Crippen molar-refractivity contribution in [3.8, 4) is 11.5 Å². The van der Waals surface area contributed by atoms with E-state index < -0.39 is 11.8 Å². The molecule has 6 nitrogen and oxygen atoms in total. The Labute approximate surface area is 194 Å². The molecule has 0 unspecified atom stereocenters. The molecule has 0 aromatic heterocycles. The highest BCUT2D eigenvalue weighted by molar-refractivity contribution is 9.10. The molecule has 1 heterocycles. The zero-order valence-electron chi connectivity index (χ0n) is 17.6. The highest BCUT2D eigenvalue weighted by Gasteiger charge is 2.22. The van der Waals surface area contributed by atoms with E-state index in [0.29, 0.717) is 32.9 Å². The second-order valence-electron chi connectivity index (χ2n) is 7.32. The number of fused-ring (bicyclic) bond motifs is 1.